The molecular weight excluding hydrogens is 404 g/mol. The van der Waals surface area contributed by atoms with Crippen LogP contribution in [0.3, 0.4) is 0 Å². The van der Waals surface area contributed by atoms with Gasteiger partial charge < -0.3 is 14.7 Å². The molecule has 0 aliphatic heterocycles. The van der Waals surface area contributed by atoms with Gasteiger partial charge in [-0.25, -0.2) is 0 Å². The molecular formula is C26H28N2O4. The van der Waals surface area contributed by atoms with Gasteiger partial charge in [0.25, 0.3) is 5.70 Å². The van der Waals surface area contributed by atoms with Gasteiger partial charge >= 0.3 is 0 Å². The molecule has 0 fully saturated rings. The van der Waals surface area contributed by atoms with Crippen molar-refractivity contribution in [3.8, 4) is 11.5 Å². The van der Waals surface area contributed by atoms with E-state index in [4.69, 9.17) is 4.74 Å². The van der Waals surface area contributed by atoms with E-state index in [2.05, 4.69) is 18.7 Å². The molecule has 0 aromatic heterocycles. The quantitative estimate of drug-likeness (QED) is 0.267. The lowest BCUT2D eigenvalue weighted by Gasteiger charge is -2.18. The van der Waals surface area contributed by atoms with Crippen molar-refractivity contribution in [1.29, 1.82) is 0 Å². The number of hydrogen-bond acceptors (Lipinski definition) is 5. The summed E-state index contributed by atoms with van der Waals surface area (Å²) < 4.78 is 5.86. The van der Waals surface area contributed by atoms with Crippen molar-refractivity contribution in [2.45, 2.75) is 13.8 Å². The molecule has 0 amide bonds. The summed E-state index contributed by atoms with van der Waals surface area (Å²) in [5, 5.41) is 21.9. The minimum absolute atomic E-state index is 0.00601. The molecule has 0 bridgehead atoms. The van der Waals surface area contributed by atoms with Crippen molar-refractivity contribution in [3.63, 3.8) is 0 Å². The van der Waals surface area contributed by atoms with Crippen LogP contribution in [0.4, 0.5) is 0 Å². The second-order valence-electron chi connectivity index (χ2n) is 7.29. The van der Waals surface area contributed by atoms with Gasteiger partial charge in [-0.05, 0) is 60.6 Å². The van der Waals surface area contributed by atoms with Crippen LogP contribution in [0.5, 0.6) is 11.5 Å². The van der Waals surface area contributed by atoms with Crippen LogP contribution in [-0.4, -0.2) is 41.2 Å². The van der Waals surface area contributed by atoms with Gasteiger partial charge in [0.15, 0.2) is 0 Å². The number of phenolic OH excluding ortho intramolecular Hbond substituents is 1. The van der Waals surface area contributed by atoms with Gasteiger partial charge in [0.05, 0.1) is 16.1 Å². The Balaban J connectivity index is 1.99. The number of likely N-dealkylation sites (N-methyl/N-ethyl adjacent to an activating group) is 1. The monoisotopic (exact) mass is 432 g/mol. The smallest absolute Gasteiger partial charge is 0.284 e. The third kappa shape index (κ3) is 5.74. The Morgan fingerprint density at radius 2 is 1.44 bits per heavy atom. The topological polar surface area (TPSA) is 75.8 Å². The number of aromatic hydroxyl groups is 1. The summed E-state index contributed by atoms with van der Waals surface area (Å²) in [6, 6.07) is 22.6. The van der Waals surface area contributed by atoms with Gasteiger partial charge in [-0.3, -0.25) is 10.1 Å². The molecule has 32 heavy (non-hydrogen) atoms. The molecule has 3 aromatic rings. The van der Waals surface area contributed by atoms with Gasteiger partial charge in [0, 0.05) is 6.54 Å². The van der Waals surface area contributed by atoms with E-state index < -0.39 is 0 Å². The largest absolute Gasteiger partial charge is 0.508 e. The zero-order valence-corrected chi connectivity index (χ0v) is 18.4. The third-order valence-corrected chi connectivity index (χ3v) is 5.34. The van der Waals surface area contributed by atoms with E-state index in [0.717, 1.165) is 19.6 Å². The second-order valence-corrected chi connectivity index (χ2v) is 7.29. The first-order valence-electron chi connectivity index (χ1n) is 10.7. The van der Waals surface area contributed by atoms with E-state index >= 15 is 0 Å². The molecule has 3 aromatic carbocycles. The number of nitrogens with zero attached hydrogens (tertiary/aromatic N) is 2. The fourth-order valence-electron chi connectivity index (χ4n) is 3.56. The summed E-state index contributed by atoms with van der Waals surface area (Å²) in [4.78, 5) is 14.1. The fraction of sp³-hybridized carbons (Fsp3) is 0.231. The van der Waals surface area contributed by atoms with Crippen molar-refractivity contribution in [2.24, 2.45) is 0 Å². The Morgan fingerprint density at radius 3 is 1.97 bits per heavy atom. The number of nitro groups is 1. The average molecular weight is 433 g/mol. The fourth-order valence-corrected chi connectivity index (χ4v) is 3.56. The third-order valence-electron chi connectivity index (χ3n) is 5.34. The molecule has 0 radical (unpaired) electrons. The van der Waals surface area contributed by atoms with E-state index in [1.807, 2.05) is 30.3 Å². The summed E-state index contributed by atoms with van der Waals surface area (Å²) in [6.07, 6.45) is 0. The average Bonchev–Trinajstić information content (AvgIpc) is 2.82. The van der Waals surface area contributed by atoms with Gasteiger partial charge in [0.1, 0.15) is 18.1 Å². The number of rotatable bonds is 10. The molecule has 0 atom stereocenters. The van der Waals surface area contributed by atoms with Crippen molar-refractivity contribution in [3.05, 3.63) is 106 Å². The van der Waals surface area contributed by atoms with E-state index in [9.17, 15) is 15.2 Å². The van der Waals surface area contributed by atoms with Crippen LogP contribution in [0.25, 0.3) is 11.3 Å². The Labute approximate surface area is 188 Å². The highest BCUT2D eigenvalue weighted by Gasteiger charge is 2.24. The number of phenols is 1. The Bertz CT molecular complexity index is 1040. The maximum absolute atomic E-state index is 12.2. The first-order valence-corrected chi connectivity index (χ1v) is 10.7. The van der Waals surface area contributed by atoms with E-state index in [1.54, 1.807) is 36.4 Å². The predicted molar refractivity (Wildman–Crippen MR) is 127 cm³/mol. The lowest BCUT2D eigenvalue weighted by Crippen LogP contribution is -2.27. The van der Waals surface area contributed by atoms with Crippen LogP contribution < -0.4 is 4.74 Å². The van der Waals surface area contributed by atoms with E-state index in [0.29, 0.717) is 34.6 Å². The Kier molecular flexibility index (Phi) is 8.00. The molecule has 1 N–H and O–H groups in total. The minimum Gasteiger partial charge on any atom is -0.508 e. The maximum atomic E-state index is 12.2. The lowest BCUT2D eigenvalue weighted by molar-refractivity contribution is -0.374. The molecule has 166 valence electrons. The summed E-state index contributed by atoms with van der Waals surface area (Å²) >= 11 is 0. The molecule has 6 heteroatoms. The molecule has 0 aliphatic carbocycles. The minimum atomic E-state index is -0.355. The number of ether oxygens (including phenoxy) is 1. The second kappa shape index (κ2) is 11.1. The SMILES string of the molecule is CCN(CC)CCOc1ccc(/C(=C(\c2ccccc2)[N+](=O)[O-])c2ccc(O)cc2)cc1. The van der Waals surface area contributed by atoms with Crippen molar-refractivity contribution < 1.29 is 14.8 Å². The standard InChI is InChI=1S/C26H28N2O4/c1-3-27(4-2)18-19-32-24-16-12-21(13-17-24)25(20-10-14-23(29)15-11-20)26(28(30)31)22-8-6-5-7-9-22/h5-17,29H,3-4,18-19H2,1-2H3/b26-25+. The number of hydrogen-bond donors (Lipinski definition) is 1. The van der Waals surface area contributed by atoms with Crippen molar-refractivity contribution in [2.75, 3.05) is 26.2 Å². The van der Waals surface area contributed by atoms with Crippen LogP contribution in [-0.2, 0) is 0 Å². The molecule has 0 saturated heterocycles. The van der Waals surface area contributed by atoms with Gasteiger partial charge in [-0.2, -0.15) is 0 Å². The predicted octanol–water partition coefficient (Wildman–Crippen LogP) is 5.31. The first kappa shape index (κ1) is 23.0. The first-order chi connectivity index (χ1) is 15.5. The molecule has 0 unspecified atom stereocenters. The van der Waals surface area contributed by atoms with Crippen LogP contribution in [0.2, 0.25) is 0 Å². The van der Waals surface area contributed by atoms with Gasteiger partial charge in [-0.15, -0.1) is 0 Å². The number of benzene rings is 3. The lowest BCUT2D eigenvalue weighted by atomic mass is 9.93. The summed E-state index contributed by atoms with van der Waals surface area (Å²) in [5.74, 6) is 0.820. The molecule has 0 aliphatic rings. The van der Waals surface area contributed by atoms with Crippen molar-refractivity contribution in [1.82, 2.24) is 4.90 Å². The Morgan fingerprint density at radius 1 is 0.875 bits per heavy atom. The van der Waals surface area contributed by atoms with Gasteiger partial charge in [0.2, 0.25) is 0 Å². The zero-order valence-electron chi connectivity index (χ0n) is 18.4. The molecule has 0 saturated carbocycles. The highest BCUT2D eigenvalue weighted by molar-refractivity contribution is 5.95. The summed E-state index contributed by atoms with van der Waals surface area (Å²) in [6.45, 7) is 7.61. The van der Waals surface area contributed by atoms with Crippen LogP contribution in [0.15, 0.2) is 78.9 Å². The molecule has 0 heterocycles. The van der Waals surface area contributed by atoms with Crippen molar-refractivity contribution >= 4 is 11.3 Å². The summed E-state index contributed by atoms with van der Waals surface area (Å²) in [7, 11) is 0. The molecule has 6 nitrogen and oxygen atoms in total. The van der Waals surface area contributed by atoms with Gasteiger partial charge in [-0.1, -0.05) is 56.3 Å². The van der Waals surface area contributed by atoms with Crippen LogP contribution in [0.1, 0.15) is 30.5 Å². The molecule has 3 rings (SSSR count). The van der Waals surface area contributed by atoms with E-state index in [-0.39, 0.29) is 16.4 Å². The van der Waals surface area contributed by atoms with Crippen LogP contribution in [0, 0.1) is 10.1 Å². The highest BCUT2D eigenvalue weighted by atomic mass is 16.6. The normalized spacial score (nSPS) is 11.8. The highest BCUT2D eigenvalue weighted by Crippen LogP contribution is 2.34. The van der Waals surface area contributed by atoms with Crippen LogP contribution >= 0.6 is 0 Å². The summed E-state index contributed by atoms with van der Waals surface area (Å²) in [5.41, 5.74) is 2.35. The molecule has 0 spiro atoms. The Hall–Kier alpha value is -3.64. The maximum Gasteiger partial charge on any atom is 0.284 e. The van der Waals surface area contributed by atoms with E-state index in [1.165, 1.54) is 12.1 Å². The zero-order chi connectivity index (χ0) is 22.9.